The van der Waals surface area contributed by atoms with Crippen molar-refractivity contribution >= 4 is 11.5 Å². The maximum atomic E-state index is 9.59. The summed E-state index contributed by atoms with van der Waals surface area (Å²) in [5.41, 5.74) is 7.60. The number of hydrogen-bond donors (Lipinski definition) is 3. The quantitative estimate of drug-likeness (QED) is 0.748. The summed E-state index contributed by atoms with van der Waals surface area (Å²) in [5.74, 6) is 1.37. The first-order valence-corrected chi connectivity index (χ1v) is 6.29. The summed E-state index contributed by atoms with van der Waals surface area (Å²) in [4.78, 5) is 4.29. The number of anilines is 2. The molecule has 2 unspecified atom stereocenters. The average Bonchev–Trinajstić information content (AvgIpc) is 2.31. The summed E-state index contributed by atoms with van der Waals surface area (Å²) in [7, 11) is 0. The predicted molar refractivity (Wildman–Crippen MR) is 69.8 cm³/mol. The van der Waals surface area contributed by atoms with E-state index in [0.29, 0.717) is 5.92 Å². The SMILES string of the molecule is Cc1cnc(NCC2CCCC(O)C2)cc1N. The van der Waals surface area contributed by atoms with Gasteiger partial charge in [0.1, 0.15) is 5.82 Å². The Bertz CT molecular complexity index is 381. The number of nitrogen functional groups attached to an aromatic ring is 1. The number of aliphatic hydroxyl groups excluding tert-OH is 1. The first-order valence-electron chi connectivity index (χ1n) is 6.29. The molecule has 94 valence electrons. The molecule has 1 saturated carbocycles. The largest absolute Gasteiger partial charge is 0.398 e. The Kier molecular flexibility index (Phi) is 3.84. The number of hydrogen-bond acceptors (Lipinski definition) is 4. The first-order chi connectivity index (χ1) is 8.15. The van der Waals surface area contributed by atoms with E-state index in [4.69, 9.17) is 5.73 Å². The van der Waals surface area contributed by atoms with Gasteiger partial charge in [-0.15, -0.1) is 0 Å². The average molecular weight is 235 g/mol. The molecule has 1 heterocycles. The lowest BCUT2D eigenvalue weighted by molar-refractivity contribution is 0.104. The van der Waals surface area contributed by atoms with Crippen molar-refractivity contribution in [1.29, 1.82) is 0 Å². The highest BCUT2D eigenvalue weighted by molar-refractivity contribution is 5.53. The summed E-state index contributed by atoms with van der Waals surface area (Å²) >= 11 is 0. The van der Waals surface area contributed by atoms with Crippen molar-refractivity contribution in [3.8, 4) is 0 Å². The van der Waals surface area contributed by atoms with E-state index in [2.05, 4.69) is 10.3 Å². The smallest absolute Gasteiger partial charge is 0.127 e. The zero-order valence-electron chi connectivity index (χ0n) is 10.3. The Balaban J connectivity index is 1.86. The molecule has 1 aliphatic rings. The molecule has 1 aromatic rings. The van der Waals surface area contributed by atoms with Gasteiger partial charge in [-0.2, -0.15) is 0 Å². The van der Waals surface area contributed by atoms with Gasteiger partial charge < -0.3 is 16.2 Å². The van der Waals surface area contributed by atoms with Crippen LogP contribution in [0.25, 0.3) is 0 Å². The van der Waals surface area contributed by atoms with Crippen molar-refractivity contribution in [3.63, 3.8) is 0 Å². The van der Waals surface area contributed by atoms with Crippen LogP contribution in [-0.2, 0) is 0 Å². The number of aryl methyl sites for hydroxylation is 1. The van der Waals surface area contributed by atoms with Gasteiger partial charge in [0.05, 0.1) is 6.10 Å². The second kappa shape index (κ2) is 5.36. The molecule has 0 radical (unpaired) electrons. The molecule has 17 heavy (non-hydrogen) atoms. The van der Waals surface area contributed by atoms with E-state index in [-0.39, 0.29) is 6.10 Å². The maximum Gasteiger partial charge on any atom is 0.127 e. The number of aromatic nitrogens is 1. The molecule has 0 amide bonds. The molecule has 1 aliphatic carbocycles. The lowest BCUT2D eigenvalue weighted by Crippen LogP contribution is -2.25. The Morgan fingerprint density at radius 3 is 3.06 bits per heavy atom. The standard InChI is InChI=1S/C13H21N3O/c1-9-7-15-13(6-12(9)14)16-8-10-3-2-4-11(17)5-10/h6-7,10-11,17H,2-5,8H2,1H3,(H3,14,15,16). The van der Waals surface area contributed by atoms with Gasteiger partial charge in [0, 0.05) is 24.5 Å². The zero-order valence-corrected chi connectivity index (χ0v) is 10.3. The summed E-state index contributed by atoms with van der Waals surface area (Å²) in [6.07, 6.45) is 5.82. The molecule has 1 fully saturated rings. The number of nitrogens with one attached hydrogen (secondary N) is 1. The third-order valence-corrected chi connectivity index (χ3v) is 3.47. The fourth-order valence-electron chi connectivity index (χ4n) is 2.33. The fraction of sp³-hybridized carbons (Fsp3) is 0.615. The van der Waals surface area contributed by atoms with E-state index >= 15 is 0 Å². The highest BCUT2D eigenvalue weighted by atomic mass is 16.3. The molecule has 2 rings (SSSR count). The highest BCUT2D eigenvalue weighted by Gasteiger charge is 2.19. The molecule has 0 spiro atoms. The minimum Gasteiger partial charge on any atom is -0.398 e. The van der Waals surface area contributed by atoms with Crippen LogP contribution in [-0.4, -0.2) is 22.7 Å². The summed E-state index contributed by atoms with van der Waals surface area (Å²) in [6, 6.07) is 1.87. The van der Waals surface area contributed by atoms with Gasteiger partial charge in [-0.25, -0.2) is 4.98 Å². The van der Waals surface area contributed by atoms with Gasteiger partial charge in [-0.1, -0.05) is 6.42 Å². The van der Waals surface area contributed by atoms with Crippen LogP contribution in [0.15, 0.2) is 12.3 Å². The second-order valence-electron chi connectivity index (χ2n) is 4.99. The molecule has 0 bridgehead atoms. The molecular formula is C13H21N3O. The topological polar surface area (TPSA) is 71.2 Å². The Morgan fingerprint density at radius 1 is 1.53 bits per heavy atom. The van der Waals surface area contributed by atoms with Gasteiger partial charge in [-0.05, 0) is 37.7 Å². The molecular weight excluding hydrogens is 214 g/mol. The van der Waals surface area contributed by atoms with Crippen LogP contribution in [0, 0.1) is 12.8 Å². The third-order valence-electron chi connectivity index (χ3n) is 3.47. The normalized spacial score (nSPS) is 24.6. The van der Waals surface area contributed by atoms with Crippen molar-refractivity contribution in [3.05, 3.63) is 17.8 Å². The third kappa shape index (κ3) is 3.33. The van der Waals surface area contributed by atoms with Crippen molar-refractivity contribution in [1.82, 2.24) is 4.98 Å². The first kappa shape index (κ1) is 12.2. The number of aliphatic hydroxyl groups is 1. The number of nitrogens with two attached hydrogens (primary N) is 1. The molecule has 0 aromatic carbocycles. The van der Waals surface area contributed by atoms with Gasteiger partial charge in [0.2, 0.25) is 0 Å². The molecule has 0 aliphatic heterocycles. The van der Waals surface area contributed by atoms with Crippen molar-refractivity contribution in [2.45, 2.75) is 38.7 Å². The summed E-state index contributed by atoms with van der Waals surface area (Å²) in [6.45, 7) is 2.82. The van der Waals surface area contributed by atoms with Gasteiger partial charge in [0.25, 0.3) is 0 Å². The lowest BCUT2D eigenvalue weighted by Gasteiger charge is -2.26. The molecule has 2 atom stereocenters. The van der Waals surface area contributed by atoms with E-state index in [1.165, 1.54) is 6.42 Å². The van der Waals surface area contributed by atoms with Crippen LogP contribution in [0.1, 0.15) is 31.2 Å². The second-order valence-corrected chi connectivity index (χ2v) is 4.99. The van der Waals surface area contributed by atoms with E-state index in [9.17, 15) is 5.11 Å². The van der Waals surface area contributed by atoms with E-state index in [0.717, 1.165) is 42.9 Å². The van der Waals surface area contributed by atoms with Crippen LogP contribution in [0.2, 0.25) is 0 Å². The van der Waals surface area contributed by atoms with Crippen LogP contribution < -0.4 is 11.1 Å². The lowest BCUT2D eigenvalue weighted by atomic mass is 9.87. The van der Waals surface area contributed by atoms with E-state index in [1.807, 2.05) is 13.0 Å². The van der Waals surface area contributed by atoms with Crippen LogP contribution in [0.3, 0.4) is 0 Å². The Labute approximate surface area is 102 Å². The number of rotatable bonds is 3. The Hall–Kier alpha value is -1.29. The predicted octanol–water partition coefficient (Wildman–Crippen LogP) is 1.94. The van der Waals surface area contributed by atoms with Crippen molar-refractivity contribution in [2.75, 3.05) is 17.6 Å². The fourth-order valence-corrected chi connectivity index (χ4v) is 2.33. The summed E-state index contributed by atoms with van der Waals surface area (Å²) in [5, 5.41) is 12.9. The van der Waals surface area contributed by atoms with Crippen molar-refractivity contribution in [2.24, 2.45) is 5.92 Å². The molecule has 4 heteroatoms. The molecule has 4 N–H and O–H groups in total. The number of pyridine rings is 1. The van der Waals surface area contributed by atoms with Crippen LogP contribution >= 0.6 is 0 Å². The maximum absolute atomic E-state index is 9.59. The van der Waals surface area contributed by atoms with Crippen molar-refractivity contribution < 1.29 is 5.11 Å². The summed E-state index contributed by atoms with van der Waals surface area (Å²) < 4.78 is 0. The monoisotopic (exact) mass is 235 g/mol. The van der Waals surface area contributed by atoms with Crippen LogP contribution in [0.4, 0.5) is 11.5 Å². The van der Waals surface area contributed by atoms with E-state index in [1.54, 1.807) is 6.20 Å². The molecule has 1 aromatic heterocycles. The highest BCUT2D eigenvalue weighted by Crippen LogP contribution is 2.24. The minimum absolute atomic E-state index is 0.119. The van der Waals surface area contributed by atoms with Gasteiger partial charge in [0.15, 0.2) is 0 Å². The zero-order chi connectivity index (χ0) is 12.3. The van der Waals surface area contributed by atoms with Gasteiger partial charge in [-0.3, -0.25) is 0 Å². The Morgan fingerprint density at radius 2 is 2.35 bits per heavy atom. The number of nitrogens with zero attached hydrogens (tertiary/aromatic N) is 1. The van der Waals surface area contributed by atoms with Gasteiger partial charge >= 0.3 is 0 Å². The molecule has 0 saturated heterocycles. The van der Waals surface area contributed by atoms with Crippen LogP contribution in [0.5, 0.6) is 0 Å². The minimum atomic E-state index is -0.119. The molecule has 4 nitrogen and oxygen atoms in total. The van der Waals surface area contributed by atoms with E-state index < -0.39 is 0 Å².